The van der Waals surface area contributed by atoms with Gasteiger partial charge in [0.25, 0.3) is 0 Å². The quantitative estimate of drug-likeness (QED) is 0.573. The highest BCUT2D eigenvalue weighted by Crippen LogP contribution is 2.12. The third-order valence-electron chi connectivity index (χ3n) is 1.99. The minimum Gasteiger partial charge on any atom is -0.310 e. The zero-order valence-corrected chi connectivity index (χ0v) is 6.56. The Bertz CT molecular complexity index is 141. The monoisotopic (exact) mass is 137 g/mol. The summed E-state index contributed by atoms with van der Waals surface area (Å²) >= 11 is 0. The Morgan fingerprint density at radius 1 is 1.70 bits per heavy atom. The van der Waals surface area contributed by atoms with Crippen LogP contribution in [0.5, 0.6) is 0 Å². The first kappa shape index (κ1) is 7.55. The van der Waals surface area contributed by atoms with Crippen molar-refractivity contribution in [2.45, 2.75) is 25.8 Å². The van der Waals surface area contributed by atoms with Crippen LogP contribution < -0.4 is 5.32 Å². The Kier molecular flexibility index (Phi) is 2.69. The maximum absolute atomic E-state index is 3.67. The third kappa shape index (κ3) is 1.71. The molecule has 0 spiro atoms. The van der Waals surface area contributed by atoms with Gasteiger partial charge in [-0.15, -0.1) is 0 Å². The van der Waals surface area contributed by atoms with Crippen molar-refractivity contribution in [2.24, 2.45) is 0 Å². The molecule has 0 aliphatic carbocycles. The van der Waals surface area contributed by atoms with Crippen LogP contribution in [0.2, 0.25) is 0 Å². The largest absolute Gasteiger partial charge is 0.310 e. The molecule has 1 heterocycles. The van der Waals surface area contributed by atoms with Gasteiger partial charge in [-0.2, -0.15) is 0 Å². The van der Waals surface area contributed by atoms with Gasteiger partial charge < -0.3 is 5.32 Å². The summed E-state index contributed by atoms with van der Waals surface area (Å²) in [6.07, 6.45) is 6.54. The Morgan fingerprint density at radius 3 is 3.00 bits per heavy atom. The van der Waals surface area contributed by atoms with Crippen molar-refractivity contribution in [3.05, 3.63) is 24.3 Å². The van der Waals surface area contributed by atoms with Gasteiger partial charge in [0.1, 0.15) is 0 Å². The number of allylic oxidation sites excluding steroid dienone is 2. The number of rotatable bonds is 2. The lowest BCUT2D eigenvalue weighted by atomic mass is 10.1. The van der Waals surface area contributed by atoms with Gasteiger partial charge in [0.05, 0.1) is 0 Å². The van der Waals surface area contributed by atoms with Gasteiger partial charge in [-0.25, -0.2) is 0 Å². The number of hydrogen-bond donors (Lipinski definition) is 1. The van der Waals surface area contributed by atoms with Crippen molar-refractivity contribution < 1.29 is 0 Å². The molecule has 1 atom stereocenters. The predicted octanol–water partition coefficient (Wildman–Crippen LogP) is 1.87. The average Bonchev–Trinajstić information content (AvgIpc) is 2.38. The summed E-state index contributed by atoms with van der Waals surface area (Å²) in [7, 11) is 0. The molecule has 1 heteroatoms. The van der Waals surface area contributed by atoms with Crippen LogP contribution in [0.1, 0.15) is 19.8 Å². The smallest absolute Gasteiger partial charge is 0.0280 e. The van der Waals surface area contributed by atoms with Gasteiger partial charge in [0, 0.05) is 6.04 Å². The molecule has 0 saturated carbocycles. The topological polar surface area (TPSA) is 12.0 Å². The molecule has 1 nitrogen and oxygen atoms in total. The maximum atomic E-state index is 3.67. The van der Waals surface area contributed by atoms with E-state index in [0.717, 1.165) is 0 Å². The molecule has 1 N–H and O–H groups in total. The van der Waals surface area contributed by atoms with E-state index in [-0.39, 0.29) is 0 Å². The van der Waals surface area contributed by atoms with Crippen LogP contribution in [0.4, 0.5) is 0 Å². The van der Waals surface area contributed by atoms with E-state index in [9.17, 15) is 0 Å². The lowest BCUT2D eigenvalue weighted by molar-refractivity contribution is 0.689. The second-order valence-electron chi connectivity index (χ2n) is 2.80. The van der Waals surface area contributed by atoms with Crippen LogP contribution in [0.25, 0.3) is 0 Å². The molecule has 1 fully saturated rings. The summed E-state index contributed by atoms with van der Waals surface area (Å²) in [5.74, 6) is 0. The van der Waals surface area contributed by atoms with E-state index >= 15 is 0 Å². The van der Waals surface area contributed by atoms with Crippen molar-refractivity contribution in [3.63, 3.8) is 0 Å². The lowest BCUT2D eigenvalue weighted by Gasteiger charge is -2.08. The second-order valence-corrected chi connectivity index (χ2v) is 2.80. The molecule has 10 heavy (non-hydrogen) atoms. The maximum Gasteiger partial charge on any atom is 0.0280 e. The lowest BCUT2D eigenvalue weighted by Crippen LogP contribution is -2.22. The Balaban J connectivity index is 2.46. The van der Waals surface area contributed by atoms with Gasteiger partial charge in [-0.05, 0) is 26.3 Å². The number of nitrogens with one attached hydrogen (secondary N) is 1. The van der Waals surface area contributed by atoms with E-state index in [2.05, 4.69) is 24.9 Å². The van der Waals surface area contributed by atoms with Crippen molar-refractivity contribution in [2.75, 3.05) is 6.54 Å². The minimum absolute atomic E-state index is 0.623. The third-order valence-corrected chi connectivity index (χ3v) is 1.99. The molecule has 0 amide bonds. The van der Waals surface area contributed by atoms with E-state index in [1.807, 2.05) is 6.08 Å². The molecular weight excluding hydrogens is 122 g/mol. The van der Waals surface area contributed by atoms with E-state index < -0.39 is 0 Å². The second kappa shape index (κ2) is 3.57. The van der Waals surface area contributed by atoms with Gasteiger partial charge in [0.2, 0.25) is 0 Å². The van der Waals surface area contributed by atoms with Crippen LogP contribution in [-0.2, 0) is 0 Å². The first-order valence-corrected chi connectivity index (χ1v) is 3.87. The molecule has 0 aromatic heterocycles. The number of hydrogen-bond acceptors (Lipinski definition) is 1. The summed E-state index contributed by atoms with van der Waals surface area (Å²) in [4.78, 5) is 0. The molecule has 56 valence electrons. The zero-order valence-electron chi connectivity index (χ0n) is 6.56. The highest BCUT2D eigenvalue weighted by atomic mass is 14.9. The summed E-state index contributed by atoms with van der Waals surface area (Å²) in [6, 6.07) is 0.623. The summed E-state index contributed by atoms with van der Waals surface area (Å²) in [5, 5.41) is 3.43. The van der Waals surface area contributed by atoms with Crippen molar-refractivity contribution in [3.8, 4) is 0 Å². The average molecular weight is 137 g/mol. The van der Waals surface area contributed by atoms with Gasteiger partial charge in [-0.3, -0.25) is 0 Å². The minimum atomic E-state index is 0.623. The predicted molar refractivity (Wildman–Crippen MR) is 45.0 cm³/mol. The Hall–Kier alpha value is -0.560. The van der Waals surface area contributed by atoms with Crippen molar-refractivity contribution in [1.82, 2.24) is 5.32 Å². The fourth-order valence-electron chi connectivity index (χ4n) is 1.38. The van der Waals surface area contributed by atoms with Gasteiger partial charge >= 0.3 is 0 Å². The van der Waals surface area contributed by atoms with Gasteiger partial charge in [-0.1, -0.05) is 24.3 Å². The van der Waals surface area contributed by atoms with Crippen LogP contribution in [0.15, 0.2) is 24.3 Å². The molecule has 0 aromatic carbocycles. The fraction of sp³-hybridized carbons (Fsp3) is 0.556. The molecule has 1 saturated heterocycles. The van der Waals surface area contributed by atoms with Crippen molar-refractivity contribution in [1.29, 1.82) is 0 Å². The zero-order chi connectivity index (χ0) is 7.40. The highest BCUT2D eigenvalue weighted by Gasteiger charge is 2.14. The van der Waals surface area contributed by atoms with Crippen LogP contribution in [-0.4, -0.2) is 12.6 Å². The Morgan fingerprint density at radius 2 is 2.50 bits per heavy atom. The molecule has 1 aliphatic rings. The molecule has 0 radical (unpaired) electrons. The summed E-state index contributed by atoms with van der Waals surface area (Å²) in [6.45, 7) is 7.00. The first-order chi connectivity index (χ1) is 4.84. The standard InChI is InChI=1S/C9H15N/c1-3-5-8(2)9-6-4-7-10-9/h3,5,9-10H,1,4,6-7H2,2H3/b8-5-. The van der Waals surface area contributed by atoms with Crippen LogP contribution in [0.3, 0.4) is 0 Å². The molecule has 1 rings (SSSR count). The van der Waals surface area contributed by atoms with Crippen LogP contribution >= 0.6 is 0 Å². The molecule has 0 aromatic rings. The van der Waals surface area contributed by atoms with Crippen LogP contribution in [0, 0.1) is 0 Å². The molecule has 1 aliphatic heterocycles. The van der Waals surface area contributed by atoms with E-state index in [0.29, 0.717) is 6.04 Å². The highest BCUT2D eigenvalue weighted by molar-refractivity contribution is 5.15. The van der Waals surface area contributed by atoms with E-state index in [4.69, 9.17) is 0 Å². The summed E-state index contributed by atoms with van der Waals surface area (Å²) < 4.78 is 0. The van der Waals surface area contributed by atoms with Crippen molar-refractivity contribution >= 4 is 0 Å². The fourth-order valence-corrected chi connectivity index (χ4v) is 1.38. The normalized spacial score (nSPS) is 26.9. The Labute approximate surface area is 62.8 Å². The van der Waals surface area contributed by atoms with E-state index in [1.165, 1.54) is 25.0 Å². The van der Waals surface area contributed by atoms with E-state index in [1.54, 1.807) is 0 Å². The van der Waals surface area contributed by atoms with Gasteiger partial charge in [0.15, 0.2) is 0 Å². The molecule has 0 bridgehead atoms. The summed E-state index contributed by atoms with van der Waals surface area (Å²) in [5.41, 5.74) is 1.41. The first-order valence-electron chi connectivity index (χ1n) is 3.87. The molecular formula is C9H15N. The molecule has 1 unspecified atom stereocenters. The SMILES string of the molecule is C=C/C=C(/C)C1CCCN1.